The van der Waals surface area contributed by atoms with Crippen LogP contribution in [-0.4, -0.2) is 17.1 Å². The van der Waals surface area contributed by atoms with Gasteiger partial charge in [-0.1, -0.05) is 5.92 Å². The van der Waals surface area contributed by atoms with E-state index in [1.807, 2.05) is 0 Å². The van der Waals surface area contributed by atoms with Gasteiger partial charge in [-0.05, 0) is 12.2 Å². The van der Waals surface area contributed by atoms with Gasteiger partial charge in [-0.15, -0.1) is 0 Å². The molecule has 0 bridgehead atoms. The molecule has 0 fully saturated rings. The summed E-state index contributed by atoms with van der Waals surface area (Å²) < 4.78 is 4.75. The second kappa shape index (κ2) is 4.58. The lowest BCUT2D eigenvalue weighted by molar-refractivity contribution is 0.404. The fourth-order valence-electron chi connectivity index (χ4n) is 0.664. The van der Waals surface area contributed by atoms with E-state index in [0.717, 1.165) is 0 Å². The average molecular weight is 196 g/mol. The van der Waals surface area contributed by atoms with Crippen LogP contribution >= 0.6 is 11.8 Å². The molecular weight excluding hydrogens is 188 g/mol. The fraction of sp³-hybridized carbons (Fsp3) is 0.250. The fourth-order valence-corrected chi connectivity index (χ4v) is 1.11. The van der Waals surface area contributed by atoms with Crippen molar-refractivity contribution >= 4 is 11.8 Å². The van der Waals surface area contributed by atoms with Gasteiger partial charge in [0.25, 0.3) is 5.56 Å². The first-order chi connectivity index (χ1) is 6.27. The number of H-pyrrole nitrogens is 1. The molecule has 1 aromatic heterocycles. The summed E-state index contributed by atoms with van der Waals surface area (Å²) in [5, 5.41) is 3.19. The van der Waals surface area contributed by atoms with E-state index in [2.05, 4.69) is 21.1 Å². The summed E-state index contributed by atoms with van der Waals surface area (Å²) in [4.78, 5) is 17.6. The first-order valence-electron chi connectivity index (χ1n) is 3.50. The Balaban J connectivity index is 2.94. The summed E-state index contributed by atoms with van der Waals surface area (Å²) in [6, 6.07) is 0. The van der Waals surface area contributed by atoms with Crippen molar-refractivity contribution in [2.75, 3.05) is 7.11 Å². The van der Waals surface area contributed by atoms with Gasteiger partial charge < -0.3 is 4.74 Å². The van der Waals surface area contributed by atoms with E-state index in [-0.39, 0.29) is 11.3 Å². The van der Waals surface area contributed by atoms with Gasteiger partial charge in [-0.25, -0.2) is 4.98 Å². The van der Waals surface area contributed by atoms with Crippen LogP contribution in [0.3, 0.4) is 0 Å². The van der Waals surface area contributed by atoms with Crippen LogP contribution in [0.15, 0.2) is 16.1 Å². The SMILES string of the molecule is CC#CSc1ncc(OC)c(=O)[nH]1. The summed E-state index contributed by atoms with van der Waals surface area (Å²) in [7, 11) is 1.42. The van der Waals surface area contributed by atoms with Crippen LogP contribution in [-0.2, 0) is 0 Å². The summed E-state index contributed by atoms with van der Waals surface area (Å²) in [5.74, 6) is 2.89. The van der Waals surface area contributed by atoms with Crippen molar-refractivity contribution < 1.29 is 4.74 Å². The molecule has 0 radical (unpaired) electrons. The lowest BCUT2D eigenvalue weighted by atomic mass is 10.6. The van der Waals surface area contributed by atoms with E-state index >= 15 is 0 Å². The van der Waals surface area contributed by atoms with Crippen molar-refractivity contribution in [3.05, 3.63) is 16.6 Å². The standard InChI is InChI=1S/C8H8N2O2S/c1-3-4-13-8-9-5-6(12-2)7(11)10-8/h5H,1-2H3,(H,9,10,11). The first-order valence-corrected chi connectivity index (χ1v) is 4.31. The monoisotopic (exact) mass is 196 g/mol. The summed E-state index contributed by atoms with van der Waals surface area (Å²) in [5.41, 5.74) is -0.294. The van der Waals surface area contributed by atoms with E-state index in [9.17, 15) is 4.79 Å². The van der Waals surface area contributed by atoms with Crippen LogP contribution in [0.5, 0.6) is 5.75 Å². The van der Waals surface area contributed by atoms with Crippen molar-refractivity contribution in [2.45, 2.75) is 12.1 Å². The summed E-state index contributed by atoms with van der Waals surface area (Å²) >= 11 is 1.17. The smallest absolute Gasteiger partial charge is 0.293 e. The maximum Gasteiger partial charge on any atom is 0.293 e. The van der Waals surface area contributed by atoms with E-state index in [4.69, 9.17) is 4.74 Å². The van der Waals surface area contributed by atoms with Gasteiger partial charge in [0.1, 0.15) is 0 Å². The molecule has 0 amide bonds. The first kappa shape index (κ1) is 9.68. The summed E-state index contributed by atoms with van der Waals surface area (Å²) in [6.45, 7) is 1.72. The van der Waals surface area contributed by atoms with Crippen LogP contribution in [0, 0.1) is 11.2 Å². The Labute approximate surface area is 79.7 Å². The topological polar surface area (TPSA) is 55.0 Å². The highest BCUT2D eigenvalue weighted by Crippen LogP contribution is 2.09. The largest absolute Gasteiger partial charge is 0.490 e. The maximum absolute atomic E-state index is 11.2. The Morgan fingerprint density at radius 2 is 2.46 bits per heavy atom. The molecule has 0 spiro atoms. The van der Waals surface area contributed by atoms with Crippen molar-refractivity contribution in [2.24, 2.45) is 0 Å². The molecule has 1 N–H and O–H groups in total. The molecule has 0 aliphatic rings. The molecule has 0 aromatic carbocycles. The van der Waals surface area contributed by atoms with Gasteiger partial charge in [0.15, 0.2) is 5.16 Å². The van der Waals surface area contributed by atoms with E-state index in [1.54, 1.807) is 6.92 Å². The molecule has 0 aliphatic heterocycles. The predicted octanol–water partition coefficient (Wildman–Crippen LogP) is 0.851. The van der Waals surface area contributed by atoms with E-state index < -0.39 is 0 Å². The minimum Gasteiger partial charge on any atom is -0.490 e. The molecule has 13 heavy (non-hydrogen) atoms. The zero-order chi connectivity index (χ0) is 9.68. The maximum atomic E-state index is 11.2. The number of aromatic nitrogens is 2. The van der Waals surface area contributed by atoms with E-state index in [0.29, 0.717) is 5.16 Å². The number of ether oxygens (including phenoxy) is 1. The Hall–Kier alpha value is -1.41. The molecule has 0 unspecified atom stereocenters. The zero-order valence-corrected chi connectivity index (χ0v) is 8.07. The third kappa shape index (κ3) is 2.53. The lowest BCUT2D eigenvalue weighted by Gasteiger charge is -1.97. The predicted molar refractivity (Wildman–Crippen MR) is 50.7 cm³/mol. The number of hydrogen-bond acceptors (Lipinski definition) is 4. The molecule has 1 heterocycles. The van der Waals surface area contributed by atoms with Crippen LogP contribution in [0.4, 0.5) is 0 Å². The van der Waals surface area contributed by atoms with Crippen molar-refractivity contribution in [1.82, 2.24) is 9.97 Å². The summed E-state index contributed by atoms with van der Waals surface area (Å²) in [6.07, 6.45) is 1.37. The average Bonchev–Trinajstić information content (AvgIpc) is 2.15. The number of hydrogen-bond donors (Lipinski definition) is 1. The highest BCUT2D eigenvalue weighted by molar-refractivity contribution is 8.03. The Bertz CT molecular complexity index is 403. The van der Waals surface area contributed by atoms with E-state index in [1.165, 1.54) is 25.1 Å². The minimum absolute atomic E-state index is 0.203. The van der Waals surface area contributed by atoms with Crippen LogP contribution < -0.4 is 10.3 Å². The molecule has 1 rings (SSSR count). The molecule has 0 saturated heterocycles. The third-order valence-corrected chi connectivity index (χ3v) is 1.92. The third-order valence-electron chi connectivity index (χ3n) is 1.21. The van der Waals surface area contributed by atoms with Gasteiger partial charge in [-0.2, -0.15) is 0 Å². The Morgan fingerprint density at radius 1 is 1.69 bits per heavy atom. The number of methoxy groups -OCH3 is 1. The van der Waals surface area contributed by atoms with Gasteiger partial charge in [0, 0.05) is 11.8 Å². The molecule has 4 nitrogen and oxygen atoms in total. The highest BCUT2D eigenvalue weighted by atomic mass is 32.2. The minimum atomic E-state index is -0.294. The number of nitrogens with one attached hydrogen (secondary N) is 1. The van der Waals surface area contributed by atoms with Gasteiger partial charge in [0.2, 0.25) is 5.75 Å². The quantitative estimate of drug-likeness (QED) is 0.433. The highest BCUT2D eigenvalue weighted by Gasteiger charge is 2.00. The normalized spacial score (nSPS) is 8.77. The second-order valence-electron chi connectivity index (χ2n) is 2.04. The number of nitrogens with zero attached hydrogens (tertiary/aromatic N) is 1. The number of rotatable bonds is 2. The molecule has 0 aliphatic carbocycles. The Morgan fingerprint density at radius 3 is 3.00 bits per heavy atom. The second-order valence-corrected chi connectivity index (χ2v) is 2.83. The van der Waals surface area contributed by atoms with Crippen molar-refractivity contribution in [1.29, 1.82) is 0 Å². The number of aromatic amines is 1. The van der Waals surface area contributed by atoms with Crippen LogP contribution in [0.25, 0.3) is 0 Å². The number of thioether (sulfide) groups is 1. The molecule has 5 heteroatoms. The molecule has 68 valence electrons. The van der Waals surface area contributed by atoms with Crippen LogP contribution in [0.2, 0.25) is 0 Å². The van der Waals surface area contributed by atoms with Crippen molar-refractivity contribution in [3.63, 3.8) is 0 Å². The van der Waals surface area contributed by atoms with Crippen molar-refractivity contribution in [3.8, 4) is 16.9 Å². The molecule has 1 aromatic rings. The van der Waals surface area contributed by atoms with Crippen LogP contribution in [0.1, 0.15) is 6.92 Å². The molecule has 0 saturated carbocycles. The lowest BCUT2D eigenvalue weighted by Crippen LogP contribution is -2.10. The Kier molecular flexibility index (Phi) is 3.41. The zero-order valence-electron chi connectivity index (χ0n) is 7.25. The molecule has 0 atom stereocenters. The van der Waals surface area contributed by atoms with Gasteiger partial charge in [0.05, 0.1) is 13.3 Å². The molecular formula is C8H8N2O2S. The van der Waals surface area contributed by atoms with Gasteiger partial charge >= 0.3 is 0 Å². The van der Waals surface area contributed by atoms with Gasteiger partial charge in [-0.3, -0.25) is 9.78 Å².